The number of aliphatic hydroxyl groups is 1. The summed E-state index contributed by atoms with van der Waals surface area (Å²) < 4.78 is 0. The molecule has 0 spiro atoms. The molecule has 0 aromatic rings. The Labute approximate surface area is 159 Å². The summed E-state index contributed by atoms with van der Waals surface area (Å²) in [7, 11) is 2.28. The maximum absolute atomic E-state index is 10.0. The Kier molecular flexibility index (Phi) is 7.91. The van der Waals surface area contributed by atoms with Gasteiger partial charge in [0.05, 0.1) is 0 Å². The molecule has 1 heterocycles. The largest absolute Gasteiger partial charge is 0.378 e. The third-order valence-electron chi connectivity index (χ3n) is 5.87. The van der Waals surface area contributed by atoms with E-state index in [0.29, 0.717) is 5.25 Å². The van der Waals surface area contributed by atoms with Crippen LogP contribution in [0.5, 0.6) is 0 Å². The maximum Gasteiger partial charge on any atom is 0.110 e. The SMILES string of the molecule is CCCC(CCC)CN(C)C1=C(CC)C2=C(CC1)C(C(N)O)C(C)S2. The lowest BCUT2D eigenvalue weighted by Gasteiger charge is -2.33. The molecule has 3 atom stereocenters. The fourth-order valence-electron chi connectivity index (χ4n) is 4.76. The summed E-state index contributed by atoms with van der Waals surface area (Å²) in [6.07, 6.45) is 7.69. The second-order valence-electron chi connectivity index (χ2n) is 7.80. The molecule has 0 fully saturated rings. The average Bonchev–Trinajstić information content (AvgIpc) is 2.90. The number of hydrogen-bond acceptors (Lipinski definition) is 4. The van der Waals surface area contributed by atoms with E-state index in [4.69, 9.17) is 5.73 Å². The van der Waals surface area contributed by atoms with Gasteiger partial charge in [-0.3, -0.25) is 0 Å². The third kappa shape index (κ3) is 4.64. The van der Waals surface area contributed by atoms with E-state index < -0.39 is 6.23 Å². The van der Waals surface area contributed by atoms with Crippen molar-refractivity contribution in [3.05, 3.63) is 21.7 Å². The second kappa shape index (κ2) is 9.48. The molecule has 0 saturated carbocycles. The first-order valence-corrected chi connectivity index (χ1v) is 11.1. The Morgan fingerprint density at radius 2 is 1.84 bits per heavy atom. The highest BCUT2D eigenvalue weighted by Gasteiger charge is 2.39. The third-order valence-corrected chi connectivity index (χ3v) is 7.27. The fourth-order valence-corrected chi connectivity index (χ4v) is 6.40. The van der Waals surface area contributed by atoms with Crippen LogP contribution in [0.4, 0.5) is 0 Å². The summed E-state index contributed by atoms with van der Waals surface area (Å²) in [5, 5.41) is 10.4. The molecule has 4 heteroatoms. The highest BCUT2D eigenvalue weighted by Crippen LogP contribution is 2.52. The van der Waals surface area contributed by atoms with Crippen molar-refractivity contribution in [3.63, 3.8) is 0 Å². The van der Waals surface area contributed by atoms with E-state index in [9.17, 15) is 5.11 Å². The monoisotopic (exact) mass is 366 g/mol. The summed E-state index contributed by atoms with van der Waals surface area (Å²) in [6, 6.07) is 0. The highest BCUT2D eigenvalue weighted by molar-refractivity contribution is 8.04. The van der Waals surface area contributed by atoms with Crippen molar-refractivity contribution in [2.45, 2.75) is 84.1 Å². The van der Waals surface area contributed by atoms with Crippen molar-refractivity contribution in [3.8, 4) is 0 Å². The van der Waals surface area contributed by atoms with Gasteiger partial charge in [-0.25, -0.2) is 0 Å². The fraction of sp³-hybridized carbons (Fsp3) is 0.810. The van der Waals surface area contributed by atoms with Crippen LogP contribution >= 0.6 is 11.8 Å². The number of rotatable bonds is 9. The van der Waals surface area contributed by atoms with Crippen LogP contribution in [0.3, 0.4) is 0 Å². The standard InChI is InChI=1S/C21H38N2OS/c1-6-9-15(10-7-2)13-23(5)18-12-11-17-19(21(22)24)14(4)25-20(17)16(18)8-3/h14-15,19,21,24H,6-13,22H2,1-5H3. The van der Waals surface area contributed by atoms with Crippen LogP contribution in [0.15, 0.2) is 21.7 Å². The van der Waals surface area contributed by atoms with E-state index in [0.717, 1.165) is 25.2 Å². The van der Waals surface area contributed by atoms with Crippen molar-refractivity contribution in [2.24, 2.45) is 17.6 Å². The summed E-state index contributed by atoms with van der Waals surface area (Å²) in [4.78, 5) is 3.98. The molecule has 2 aliphatic rings. The topological polar surface area (TPSA) is 49.5 Å². The lowest BCUT2D eigenvalue weighted by atomic mass is 9.84. The molecule has 25 heavy (non-hydrogen) atoms. The van der Waals surface area contributed by atoms with Crippen LogP contribution in [0.2, 0.25) is 0 Å². The maximum atomic E-state index is 10.0. The number of allylic oxidation sites excluding steroid dienone is 2. The molecule has 1 aliphatic heterocycles. The van der Waals surface area contributed by atoms with Gasteiger partial charge in [0, 0.05) is 35.4 Å². The molecule has 0 radical (unpaired) electrons. The molecule has 2 rings (SSSR count). The zero-order chi connectivity index (χ0) is 18.6. The van der Waals surface area contributed by atoms with Crippen LogP contribution < -0.4 is 5.73 Å². The van der Waals surface area contributed by atoms with Crippen LogP contribution in [0, 0.1) is 11.8 Å². The van der Waals surface area contributed by atoms with E-state index in [2.05, 4.69) is 39.6 Å². The second-order valence-corrected chi connectivity index (χ2v) is 9.18. The van der Waals surface area contributed by atoms with Gasteiger partial charge in [-0.1, -0.05) is 40.5 Å². The number of thioether (sulfide) groups is 1. The molecule has 3 nitrogen and oxygen atoms in total. The lowest BCUT2D eigenvalue weighted by Crippen LogP contribution is -2.35. The molecule has 1 aliphatic carbocycles. The minimum atomic E-state index is -0.731. The first-order chi connectivity index (χ1) is 11.9. The molecule has 0 aromatic carbocycles. The van der Waals surface area contributed by atoms with Crippen molar-refractivity contribution < 1.29 is 5.11 Å². The van der Waals surface area contributed by atoms with E-state index in [1.54, 1.807) is 0 Å². The van der Waals surface area contributed by atoms with Gasteiger partial charge in [0.15, 0.2) is 0 Å². The number of aliphatic hydroxyl groups excluding tert-OH is 1. The first-order valence-electron chi connectivity index (χ1n) is 10.2. The zero-order valence-corrected chi connectivity index (χ0v) is 17.7. The minimum absolute atomic E-state index is 0.126. The Morgan fingerprint density at radius 1 is 1.20 bits per heavy atom. The summed E-state index contributed by atoms with van der Waals surface area (Å²) in [6.45, 7) is 10.2. The van der Waals surface area contributed by atoms with Crippen molar-refractivity contribution >= 4 is 11.8 Å². The Bertz CT molecular complexity index is 506. The van der Waals surface area contributed by atoms with Crippen LogP contribution in [0.25, 0.3) is 0 Å². The van der Waals surface area contributed by atoms with Crippen LogP contribution in [-0.4, -0.2) is 35.1 Å². The number of nitrogens with two attached hydrogens (primary N) is 1. The molecule has 0 bridgehead atoms. The highest BCUT2D eigenvalue weighted by atomic mass is 32.2. The van der Waals surface area contributed by atoms with Gasteiger partial charge in [-0.15, -0.1) is 11.8 Å². The van der Waals surface area contributed by atoms with Crippen molar-refractivity contribution in [1.82, 2.24) is 4.90 Å². The summed E-state index contributed by atoms with van der Waals surface area (Å²) in [5.74, 6) is 0.927. The molecule has 3 unspecified atom stereocenters. The van der Waals surface area contributed by atoms with E-state index in [1.165, 1.54) is 54.0 Å². The van der Waals surface area contributed by atoms with E-state index in [1.807, 2.05) is 11.8 Å². The van der Waals surface area contributed by atoms with Gasteiger partial charge in [0.2, 0.25) is 0 Å². The minimum Gasteiger partial charge on any atom is -0.378 e. The summed E-state index contributed by atoms with van der Waals surface area (Å²) >= 11 is 1.93. The molecule has 0 aromatic heterocycles. The molecule has 144 valence electrons. The predicted octanol–water partition coefficient (Wildman–Crippen LogP) is 4.88. The van der Waals surface area contributed by atoms with Crippen molar-refractivity contribution in [2.75, 3.05) is 13.6 Å². The van der Waals surface area contributed by atoms with Gasteiger partial charge < -0.3 is 15.7 Å². The smallest absolute Gasteiger partial charge is 0.110 e. The summed E-state index contributed by atoms with van der Waals surface area (Å²) in [5.41, 5.74) is 10.3. The molecule has 0 amide bonds. The lowest BCUT2D eigenvalue weighted by molar-refractivity contribution is 0.131. The predicted molar refractivity (Wildman–Crippen MR) is 110 cm³/mol. The van der Waals surface area contributed by atoms with Crippen LogP contribution in [0.1, 0.15) is 72.6 Å². The van der Waals surface area contributed by atoms with Gasteiger partial charge in [0.25, 0.3) is 0 Å². The van der Waals surface area contributed by atoms with Gasteiger partial charge in [-0.05, 0) is 49.2 Å². The van der Waals surface area contributed by atoms with E-state index in [-0.39, 0.29) is 5.92 Å². The van der Waals surface area contributed by atoms with Crippen LogP contribution in [-0.2, 0) is 0 Å². The van der Waals surface area contributed by atoms with Crippen molar-refractivity contribution in [1.29, 1.82) is 0 Å². The average molecular weight is 367 g/mol. The Hall–Kier alpha value is -0.450. The van der Waals surface area contributed by atoms with E-state index >= 15 is 0 Å². The van der Waals surface area contributed by atoms with Gasteiger partial charge in [0.1, 0.15) is 6.23 Å². The number of hydrogen-bond donors (Lipinski definition) is 2. The molecular weight excluding hydrogens is 328 g/mol. The Morgan fingerprint density at radius 3 is 2.36 bits per heavy atom. The first kappa shape index (κ1) is 20.9. The Balaban J connectivity index is 2.23. The quantitative estimate of drug-likeness (QED) is 0.571. The van der Waals surface area contributed by atoms with Gasteiger partial charge in [-0.2, -0.15) is 0 Å². The number of nitrogens with zero attached hydrogens (tertiary/aromatic N) is 1. The molecule has 0 saturated heterocycles. The molecular formula is C21H38N2OS. The molecule has 3 N–H and O–H groups in total. The normalized spacial score (nSPS) is 25.0. The van der Waals surface area contributed by atoms with Gasteiger partial charge >= 0.3 is 0 Å². The zero-order valence-electron chi connectivity index (χ0n) is 16.8.